The largest absolute Gasteiger partial charge is 0.310 e. The zero-order chi connectivity index (χ0) is 13.0. The van der Waals surface area contributed by atoms with Gasteiger partial charge in [-0.15, -0.1) is 0 Å². The number of hydrogen-bond acceptors (Lipinski definition) is 1. The molecule has 3 heteroatoms. The summed E-state index contributed by atoms with van der Waals surface area (Å²) in [6, 6.07) is 5.85. The normalized spacial score (nSPS) is 24.2. The minimum atomic E-state index is -0.126. The van der Waals surface area contributed by atoms with Gasteiger partial charge in [0.05, 0.1) is 0 Å². The molecule has 1 aliphatic rings. The van der Waals surface area contributed by atoms with Crippen molar-refractivity contribution in [2.45, 2.75) is 51.6 Å². The van der Waals surface area contributed by atoms with Crippen molar-refractivity contribution >= 4 is 15.9 Å². The van der Waals surface area contributed by atoms with Crippen LogP contribution < -0.4 is 5.32 Å². The van der Waals surface area contributed by atoms with E-state index in [1.54, 1.807) is 0 Å². The molecular formula is C15H21BrFN. The van der Waals surface area contributed by atoms with Gasteiger partial charge in [0.25, 0.3) is 0 Å². The first-order chi connectivity index (χ1) is 8.69. The van der Waals surface area contributed by atoms with Crippen LogP contribution >= 0.6 is 15.9 Å². The van der Waals surface area contributed by atoms with Crippen LogP contribution in [0.1, 0.15) is 44.6 Å². The Bertz CT molecular complexity index is 386. The van der Waals surface area contributed by atoms with Gasteiger partial charge in [-0.3, -0.25) is 0 Å². The maximum absolute atomic E-state index is 13.7. The van der Waals surface area contributed by atoms with E-state index in [1.807, 2.05) is 12.1 Å². The molecule has 2 rings (SSSR count). The topological polar surface area (TPSA) is 12.0 Å². The molecule has 18 heavy (non-hydrogen) atoms. The summed E-state index contributed by atoms with van der Waals surface area (Å²) < 4.78 is 14.4. The molecule has 0 atom stereocenters. The quantitative estimate of drug-likeness (QED) is 0.853. The molecular weight excluding hydrogens is 293 g/mol. The predicted octanol–water partition coefficient (Wildman–Crippen LogP) is 4.65. The lowest BCUT2D eigenvalue weighted by molar-refractivity contribution is 0.284. The van der Waals surface area contributed by atoms with Crippen molar-refractivity contribution in [1.29, 1.82) is 0 Å². The van der Waals surface area contributed by atoms with Crippen LogP contribution in [-0.2, 0) is 6.54 Å². The van der Waals surface area contributed by atoms with Gasteiger partial charge < -0.3 is 5.32 Å². The van der Waals surface area contributed by atoms with E-state index in [-0.39, 0.29) is 5.82 Å². The lowest BCUT2D eigenvalue weighted by Crippen LogP contribution is -2.32. The van der Waals surface area contributed by atoms with E-state index in [1.165, 1.54) is 38.2 Å². The van der Waals surface area contributed by atoms with Gasteiger partial charge in [0.1, 0.15) is 5.82 Å². The Balaban J connectivity index is 1.81. The molecule has 0 aromatic heterocycles. The number of nitrogens with one attached hydrogen (secondary N) is 1. The summed E-state index contributed by atoms with van der Waals surface area (Å²) >= 11 is 3.28. The SMILES string of the molecule is CCC1CCC(NCc2ccc(Br)cc2F)CC1. The number of halogens is 2. The zero-order valence-corrected chi connectivity index (χ0v) is 12.5. The van der Waals surface area contributed by atoms with Crippen LogP contribution in [0.5, 0.6) is 0 Å². The molecule has 0 radical (unpaired) electrons. The third-order valence-electron chi connectivity index (χ3n) is 4.02. The zero-order valence-electron chi connectivity index (χ0n) is 10.9. The highest BCUT2D eigenvalue weighted by atomic mass is 79.9. The van der Waals surface area contributed by atoms with Crippen LogP contribution in [0.4, 0.5) is 4.39 Å². The molecule has 100 valence electrons. The molecule has 0 heterocycles. The average molecular weight is 314 g/mol. The highest BCUT2D eigenvalue weighted by Gasteiger charge is 2.19. The van der Waals surface area contributed by atoms with Crippen molar-refractivity contribution in [3.63, 3.8) is 0 Å². The second-order valence-corrected chi connectivity index (χ2v) is 6.16. The molecule has 0 aliphatic heterocycles. The van der Waals surface area contributed by atoms with Crippen molar-refractivity contribution in [1.82, 2.24) is 5.32 Å². The molecule has 0 bridgehead atoms. The standard InChI is InChI=1S/C15H21BrFN/c1-2-11-3-7-14(8-4-11)18-10-12-5-6-13(16)9-15(12)17/h5-6,9,11,14,18H,2-4,7-8,10H2,1H3. The molecule has 1 aromatic rings. The van der Waals surface area contributed by atoms with Crippen LogP contribution in [0.2, 0.25) is 0 Å². The molecule has 1 nitrogen and oxygen atoms in total. The fraction of sp³-hybridized carbons (Fsp3) is 0.600. The average Bonchev–Trinajstić information content (AvgIpc) is 2.38. The smallest absolute Gasteiger partial charge is 0.128 e. The molecule has 1 aliphatic carbocycles. The summed E-state index contributed by atoms with van der Waals surface area (Å²) in [5, 5.41) is 3.49. The molecule has 1 N–H and O–H groups in total. The van der Waals surface area contributed by atoms with E-state index in [4.69, 9.17) is 0 Å². The first-order valence-electron chi connectivity index (χ1n) is 6.86. The van der Waals surface area contributed by atoms with E-state index in [2.05, 4.69) is 28.2 Å². The summed E-state index contributed by atoms with van der Waals surface area (Å²) in [7, 11) is 0. The van der Waals surface area contributed by atoms with Crippen molar-refractivity contribution in [3.05, 3.63) is 34.1 Å². The van der Waals surface area contributed by atoms with Crippen LogP contribution in [0, 0.1) is 11.7 Å². The van der Waals surface area contributed by atoms with E-state index >= 15 is 0 Å². The lowest BCUT2D eigenvalue weighted by Gasteiger charge is -2.28. The van der Waals surface area contributed by atoms with Gasteiger partial charge in [-0.25, -0.2) is 4.39 Å². The third-order valence-corrected chi connectivity index (χ3v) is 4.51. The van der Waals surface area contributed by atoms with E-state index < -0.39 is 0 Å². The maximum Gasteiger partial charge on any atom is 0.128 e. The van der Waals surface area contributed by atoms with Crippen molar-refractivity contribution in [2.75, 3.05) is 0 Å². The van der Waals surface area contributed by atoms with Crippen LogP contribution in [-0.4, -0.2) is 6.04 Å². The fourth-order valence-corrected chi connectivity index (χ4v) is 3.03. The van der Waals surface area contributed by atoms with Gasteiger partial charge in [-0.2, -0.15) is 0 Å². The van der Waals surface area contributed by atoms with Crippen LogP contribution in [0.3, 0.4) is 0 Å². The number of benzene rings is 1. The molecule has 0 saturated heterocycles. The Morgan fingerprint density at radius 3 is 2.61 bits per heavy atom. The van der Waals surface area contributed by atoms with Crippen molar-refractivity contribution < 1.29 is 4.39 Å². The van der Waals surface area contributed by atoms with E-state index in [9.17, 15) is 4.39 Å². The minimum absolute atomic E-state index is 0.126. The molecule has 1 fully saturated rings. The Hall–Kier alpha value is -0.410. The van der Waals surface area contributed by atoms with Gasteiger partial charge in [-0.1, -0.05) is 35.3 Å². The van der Waals surface area contributed by atoms with E-state index in [0.29, 0.717) is 12.6 Å². The summed E-state index contributed by atoms with van der Waals surface area (Å²) in [4.78, 5) is 0. The number of rotatable bonds is 4. The minimum Gasteiger partial charge on any atom is -0.310 e. The second-order valence-electron chi connectivity index (χ2n) is 5.24. The highest BCUT2D eigenvalue weighted by molar-refractivity contribution is 9.10. The molecule has 0 unspecified atom stereocenters. The van der Waals surface area contributed by atoms with Gasteiger partial charge in [0.15, 0.2) is 0 Å². The van der Waals surface area contributed by atoms with Gasteiger partial charge in [-0.05, 0) is 43.7 Å². The summed E-state index contributed by atoms with van der Waals surface area (Å²) in [5.41, 5.74) is 0.760. The van der Waals surface area contributed by atoms with E-state index in [0.717, 1.165) is 16.0 Å². The van der Waals surface area contributed by atoms with Gasteiger partial charge in [0.2, 0.25) is 0 Å². The first kappa shape index (κ1) is 14.0. The third kappa shape index (κ3) is 3.79. The van der Waals surface area contributed by atoms with Crippen LogP contribution in [0.15, 0.2) is 22.7 Å². The highest BCUT2D eigenvalue weighted by Crippen LogP contribution is 2.26. The molecule has 0 amide bonds. The Morgan fingerprint density at radius 1 is 1.28 bits per heavy atom. The molecule has 1 aromatic carbocycles. The molecule has 1 saturated carbocycles. The number of hydrogen-bond donors (Lipinski definition) is 1. The summed E-state index contributed by atoms with van der Waals surface area (Å²) in [6.45, 7) is 2.91. The van der Waals surface area contributed by atoms with Crippen molar-refractivity contribution in [2.24, 2.45) is 5.92 Å². The summed E-state index contributed by atoms with van der Waals surface area (Å²) in [5.74, 6) is 0.784. The Kier molecular flexibility index (Phi) is 5.19. The second kappa shape index (κ2) is 6.67. The lowest BCUT2D eigenvalue weighted by atomic mass is 9.84. The van der Waals surface area contributed by atoms with Gasteiger partial charge >= 0.3 is 0 Å². The fourth-order valence-electron chi connectivity index (χ4n) is 2.69. The maximum atomic E-state index is 13.7. The predicted molar refractivity (Wildman–Crippen MR) is 77.0 cm³/mol. The Morgan fingerprint density at radius 2 is 2.00 bits per heavy atom. The van der Waals surface area contributed by atoms with Crippen molar-refractivity contribution in [3.8, 4) is 0 Å². The van der Waals surface area contributed by atoms with Gasteiger partial charge in [0, 0.05) is 22.6 Å². The van der Waals surface area contributed by atoms with Crippen LogP contribution in [0.25, 0.3) is 0 Å². The summed E-state index contributed by atoms with van der Waals surface area (Å²) in [6.07, 6.45) is 6.40. The molecule has 0 spiro atoms. The monoisotopic (exact) mass is 313 g/mol. The Labute approximate surface area is 117 Å². The first-order valence-corrected chi connectivity index (χ1v) is 7.65.